The molecule has 31 heavy (non-hydrogen) atoms. The fourth-order valence-corrected chi connectivity index (χ4v) is 4.54. The van der Waals surface area contributed by atoms with Crippen molar-refractivity contribution in [3.63, 3.8) is 0 Å². The number of hydrogen-bond donors (Lipinski definition) is 1. The highest BCUT2D eigenvalue weighted by Crippen LogP contribution is 2.40. The minimum absolute atomic E-state index is 0.0206. The monoisotopic (exact) mass is 434 g/mol. The molecule has 0 unspecified atom stereocenters. The van der Waals surface area contributed by atoms with Gasteiger partial charge in [-0.3, -0.25) is 9.48 Å². The Balaban J connectivity index is 1.64. The van der Waals surface area contributed by atoms with Crippen molar-refractivity contribution in [3.8, 4) is 5.75 Å². The number of aromatic amines is 1. The number of rotatable bonds is 4. The van der Waals surface area contributed by atoms with E-state index in [0.717, 1.165) is 40.9 Å². The molecule has 4 aromatic rings. The van der Waals surface area contributed by atoms with Gasteiger partial charge in [-0.15, -0.1) is 0 Å². The Labute approximate surface area is 185 Å². The molecule has 0 saturated carbocycles. The highest BCUT2D eigenvalue weighted by molar-refractivity contribution is 6.30. The third-order valence-electron chi connectivity index (χ3n) is 5.98. The van der Waals surface area contributed by atoms with Gasteiger partial charge >= 0.3 is 0 Å². The normalized spacial score (nSPS) is 15.8. The van der Waals surface area contributed by atoms with Gasteiger partial charge < -0.3 is 14.6 Å². The third kappa shape index (κ3) is 3.37. The predicted molar refractivity (Wildman–Crippen MR) is 121 cm³/mol. The first-order valence-corrected chi connectivity index (χ1v) is 10.7. The van der Waals surface area contributed by atoms with E-state index in [1.54, 1.807) is 31.4 Å². The highest BCUT2D eigenvalue weighted by atomic mass is 35.5. The molecule has 0 aliphatic carbocycles. The molecule has 0 fully saturated rings. The zero-order chi connectivity index (χ0) is 21.5. The Morgan fingerprint density at radius 3 is 2.77 bits per heavy atom. The lowest BCUT2D eigenvalue weighted by Crippen LogP contribution is -2.40. The summed E-state index contributed by atoms with van der Waals surface area (Å²) in [5.74, 6) is 0.803. The van der Waals surface area contributed by atoms with E-state index in [-0.39, 0.29) is 11.9 Å². The number of fused-ring (bicyclic) bond motifs is 3. The van der Waals surface area contributed by atoms with Crippen LogP contribution in [-0.4, -0.2) is 39.2 Å². The summed E-state index contributed by atoms with van der Waals surface area (Å²) in [4.78, 5) is 19.0. The molecule has 0 bridgehead atoms. The maximum atomic E-state index is 13.5. The lowest BCUT2D eigenvalue weighted by molar-refractivity contribution is 0.0692. The van der Waals surface area contributed by atoms with Crippen LogP contribution in [0, 0.1) is 0 Å². The van der Waals surface area contributed by atoms with E-state index in [1.807, 2.05) is 34.1 Å². The first-order valence-electron chi connectivity index (χ1n) is 10.4. The molecule has 2 aromatic carbocycles. The van der Waals surface area contributed by atoms with Gasteiger partial charge in [-0.1, -0.05) is 11.6 Å². The van der Waals surface area contributed by atoms with Crippen molar-refractivity contribution >= 4 is 28.4 Å². The molecule has 158 valence electrons. The summed E-state index contributed by atoms with van der Waals surface area (Å²) in [5.41, 5.74) is 4.91. The number of amides is 1. The topological polar surface area (TPSA) is 63.1 Å². The number of aryl methyl sites for hydroxylation is 1. The van der Waals surface area contributed by atoms with Crippen molar-refractivity contribution in [2.75, 3.05) is 13.7 Å². The minimum Gasteiger partial charge on any atom is -0.497 e. The van der Waals surface area contributed by atoms with E-state index in [2.05, 4.69) is 23.1 Å². The number of hydrogen-bond acceptors (Lipinski definition) is 3. The van der Waals surface area contributed by atoms with Crippen LogP contribution in [0.4, 0.5) is 0 Å². The van der Waals surface area contributed by atoms with Crippen LogP contribution >= 0.6 is 11.6 Å². The first kappa shape index (κ1) is 19.7. The number of nitrogens with zero attached hydrogens (tertiary/aromatic N) is 3. The second-order valence-corrected chi connectivity index (χ2v) is 8.15. The van der Waals surface area contributed by atoms with Crippen LogP contribution < -0.4 is 4.74 Å². The van der Waals surface area contributed by atoms with Gasteiger partial charge in [-0.05, 0) is 61.4 Å². The molecule has 1 aliphatic heterocycles. The molecule has 5 rings (SSSR count). The van der Waals surface area contributed by atoms with Crippen LogP contribution in [0.2, 0.25) is 5.02 Å². The van der Waals surface area contributed by atoms with Crippen molar-refractivity contribution < 1.29 is 9.53 Å². The van der Waals surface area contributed by atoms with Crippen LogP contribution in [0.1, 0.15) is 40.1 Å². The smallest absolute Gasteiger partial charge is 0.254 e. The molecule has 0 radical (unpaired) electrons. The summed E-state index contributed by atoms with van der Waals surface area (Å²) >= 11 is 6.03. The Hall–Kier alpha value is -3.25. The number of halogens is 1. The van der Waals surface area contributed by atoms with Gasteiger partial charge in [-0.2, -0.15) is 5.10 Å². The number of carbonyl (C=O) groups excluding carboxylic acids is 1. The molecule has 2 aromatic heterocycles. The number of benzene rings is 2. The third-order valence-corrected chi connectivity index (χ3v) is 6.23. The first-order chi connectivity index (χ1) is 15.1. The fraction of sp³-hybridized carbons (Fsp3) is 0.250. The Kier molecular flexibility index (Phi) is 4.94. The standard InChI is InChI=1S/C24H23ClN4O2/c1-3-28-14-16(13-26-28)23-22-19(20-12-18(31-2)8-9-21(20)27-22)10-11-29(23)24(30)15-4-6-17(25)7-5-15/h4-9,12-14,23,27H,3,10-11H2,1-2H3/t23-/m0/s1. The molecule has 3 heterocycles. The van der Waals surface area contributed by atoms with E-state index >= 15 is 0 Å². The molecule has 0 saturated heterocycles. The van der Waals surface area contributed by atoms with Gasteiger partial charge in [0.15, 0.2) is 0 Å². The molecule has 1 atom stereocenters. The SMILES string of the molecule is CCn1cc([C@H]2c3[nH]c4ccc(OC)cc4c3CCN2C(=O)c2ccc(Cl)cc2)cn1. The number of H-pyrrole nitrogens is 1. The van der Waals surface area contributed by atoms with Crippen molar-refractivity contribution in [1.29, 1.82) is 0 Å². The van der Waals surface area contributed by atoms with Gasteiger partial charge in [0.1, 0.15) is 11.8 Å². The van der Waals surface area contributed by atoms with Crippen molar-refractivity contribution in [2.24, 2.45) is 0 Å². The number of aromatic nitrogens is 3. The molecule has 1 aliphatic rings. The van der Waals surface area contributed by atoms with Crippen LogP contribution in [-0.2, 0) is 13.0 Å². The predicted octanol–water partition coefficient (Wildman–Crippen LogP) is 4.83. The van der Waals surface area contributed by atoms with E-state index in [1.165, 1.54) is 5.56 Å². The summed E-state index contributed by atoms with van der Waals surface area (Å²) < 4.78 is 7.33. The summed E-state index contributed by atoms with van der Waals surface area (Å²) in [6.45, 7) is 3.43. The van der Waals surface area contributed by atoms with Gasteiger partial charge in [0.25, 0.3) is 5.91 Å². The van der Waals surface area contributed by atoms with Crippen molar-refractivity contribution in [3.05, 3.63) is 82.3 Å². The zero-order valence-corrected chi connectivity index (χ0v) is 18.2. The van der Waals surface area contributed by atoms with E-state index in [9.17, 15) is 4.79 Å². The minimum atomic E-state index is -0.245. The molecular weight excluding hydrogens is 412 g/mol. The van der Waals surface area contributed by atoms with Crippen molar-refractivity contribution in [2.45, 2.75) is 25.9 Å². The molecule has 1 N–H and O–H groups in total. The van der Waals surface area contributed by atoms with Crippen LogP contribution in [0.15, 0.2) is 54.9 Å². The average molecular weight is 435 g/mol. The van der Waals surface area contributed by atoms with Crippen molar-refractivity contribution in [1.82, 2.24) is 19.7 Å². The second kappa shape index (κ2) is 7.78. The van der Waals surface area contributed by atoms with Crippen LogP contribution in [0.3, 0.4) is 0 Å². The van der Waals surface area contributed by atoms with Crippen LogP contribution in [0.5, 0.6) is 5.75 Å². The maximum absolute atomic E-state index is 13.5. The highest BCUT2D eigenvalue weighted by Gasteiger charge is 2.35. The number of carbonyl (C=O) groups is 1. The molecule has 0 spiro atoms. The Morgan fingerprint density at radius 2 is 2.06 bits per heavy atom. The van der Waals surface area contributed by atoms with Gasteiger partial charge in [0, 0.05) is 52.0 Å². The fourth-order valence-electron chi connectivity index (χ4n) is 4.41. The van der Waals surface area contributed by atoms with E-state index in [0.29, 0.717) is 17.1 Å². The number of nitrogens with one attached hydrogen (secondary N) is 1. The summed E-state index contributed by atoms with van der Waals surface area (Å²) in [7, 11) is 1.68. The Bertz CT molecular complexity index is 1260. The maximum Gasteiger partial charge on any atom is 0.254 e. The average Bonchev–Trinajstić information content (AvgIpc) is 3.42. The Morgan fingerprint density at radius 1 is 1.26 bits per heavy atom. The van der Waals surface area contributed by atoms with Crippen LogP contribution in [0.25, 0.3) is 10.9 Å². The summed E-state index contributed by atoms with van der Waals surface area (Å²) in [5, 5.41) is 6.22. The lowest BCUT2D eigenvalue weighted by Gasteiger charge is -2.35. The molecule has 6 nitrogen and oxygen atoms in total. The molecule has 7 heteroatoms. The summed E-state index contributed by atoms with van der Waals surface area (Å²) in [6, 6.07) is 12.9. The van der Waals surface area contributed by atoms with Gasteiger partial charge in [-0.25, -0.2) is 0 Å². The van der Waals surface area contributed by atoms with E-state index in [4.69, 9.17) is 16.3 Å². The molecule has 1 amide bonds. The lowest BCUT2D eigenvalue weighted by atomic mass is 9.93. The zero-order valence-electron chi connectivity index (χ0n) is 17.4. The number of ether oxygens (including phenoxy) is 1. The number of methoxy groups -OCH3 is 1. The largest absolute Gasteiger partial charge is 0.497 e. The van der Waals surface area contributed by atoms with Gasteiger partial charge in [0.2, 0.25) is 0 Å². The quantitative estimate of drug-likeness (QED) is 0.500. The summed E-state index contributed by atoms with van der Waals surface area (Å²) in [6.07, 6.45) is 4.64. The van der Waals surface area contributed by atoms with Gasteiger partial charge in [0.05, 0.1) is 13.3 Å². The van der Waals surface area contributed by atoms with E-state index < -0.39 is 0 Å². The molecular formula is C24H23ClN4O2. The second-order valence-electron chi connectivity index (χ2n) is 7.72.